The second-order valence-electron chi connectivity index (χ2n) is 4.47. The van der Waals surface area contributed by atoms with Crippen molar-refractivity contribution in [3.63, 3.8) is 0 Å². The van der Waals surface area contributed by atoms with E-state index in [2.05, 4.69) is 15.2 Å². The van der Waals surface area contributed by atoms with Gasteiger partial charge in [-0.05, 0) is 24.3 Å². The molecule has 22 heavy (non-hydrogen) atoms. The molecule has 0 atom stereocenters. The highest BCUT2D eigenvalue weighted by atomic mass is 19.4. The molecule has 3 rings (SSSR count). The fourth-order valence-corrected chi connectivity index (χ4v) is 1.85. The predicted molar refractivity (Wildman–Crippen MR) is 66.9 cm³/mol. The minimum absolute atomic E-state index is 0.0354. The van der Waals surface area contributed by atoms with Crippen molar-refractivity contribution >= 4 is 0 Å². The molecule has 1 aromatic carbocycles. The average Bonchev–Trinajstić information content (AvgIpc) is 3.05. The average molecular weight is 312 g/mol. The molecule has 2 heterocycles. The van der Waals surface area contributed by atoms with Crippen LogP contribution in [0.1, 0.15) is 5.69 Å². The molecule has 114 valence electrons. The molecule has 0 fully saturated rings. The number of nitrogens with zero attached hydrogens (tertiary/aromatic N) is 4. The van der Waals surface area contributed by atoms with Gasteiger partial charge in [0.05, 0.1) is 0 Å². The second kappa shape index (κ2) is 4.93. The number of hydrogen-bond acceptors (Lipinski definition) is 4. The number of aromatic nitrogens is 4. The van der Waals surface area contributed by atoms with E-state index in [4.69, 9.17) is 4.52 Å². The van der Waals surface area contributed by atoms with Gasteiger partial charge in [-0.25, -0.2) is 4.39 Å². The Morgan fingerprint density at radius 2 is 1.82 bits per heavy atom. The maximum atomic E-state index is 12.9. The molecule has 2 aromatic heterocycles. The first-order valence-electron chi connectivity index (χ1n) is 6.06. The van der Waals surface area contributed by atoms with E-state index in [0.29, 0.717) is 5.56 Å². The van der Waals surface area contributed by atoms with E-state index in [1.165, 1.54) is 31.3 Å². The van der Waals surface area contributed by atoms with E-state index >= 15 is 0 Å². The van der Waals surface area contributed by atoms with Crippen LogP contribution in [0.2, 0.25) is 0 Å². The van der Waals surface area contributed by atoms with Crippen LogP contribution in [-0.4, -0.2) is 19.9 Å². The van der Waals surface area contributed by atoms with Crippen molar-refractivity contribution in [3.8, 4) is 23.0 Å². The standard InChI is InChI=1S/C13H8F4N4O/c1-21-9(6-10(19-21)13(15,16)17)12-18-11(20-22-12)7-2-4-8(14)5-3-7/h2-6H,1H3. The van der Waals surface area contributed by atoms with Gasteiger partial charge in [0.1, 0.15) is 11.5 Å². The quantitative estimate of drug-likeness (QED) is 0.681. The molecule has 3 aromatic rings. The summed E-state index contributed by atoms with van der Waals surface area (Å²) < 4.78 is 56.7. The van der Waals surface area contributed by atoms with Crippen LogP contribution in [0.3, 0.4) is 0 Å². The molecule has 9 heteroatoms. The van der Waals surface area contributed by atoms with Gasteiger partial charge in [-0.1, -0.05) is 5.16 Å². The SMILES string of the molecule is Cn1nc(C(F)(F)F)cc1-c1nc(-c2ccc(F)cc2)no1. The number of aryl methyl sites for hydroxylation is 1. The summed E-state index contributed by atoms with van der Waals surface area (Å²) in [6, 6.07) is 6.14. The van der Waals surface area contributed by atoms with Gasteiger partial charge >= 0.3 is 6.18 Å². The summed E-state index contributed by atoms with van der Waals surface area (Å²) in [6.45, 7) is 0. The van der Waals surface area contributed by atoms with E-state index in [1.807, 2.05) is 0 Å². The van der Waals surface area contributed by atoms with Crippen LogP contribution in [-0.2, 0) is 13.2 Å². The van der Waals surface area contributed by atoms with Crippen LogP contribution in [0.25, 0.3) is 23.0 Å². The molecule has 0 bridgehead atoms. The van der Waals surface area contributed by atoms with Gasteiger partial charge in [0.25, 0.3) is 5.89 Å². The smallest absolute Gasteiger partial charge is 0.332 e. The van der Waals surface area contributed by atoms with Gasteiger partial charge in [0, 0.05) is 18.7 Å². The number of halogens is 4. The highest BCUT2D eigenvalue weighted by Gasteiger charge is 2.35. The lowest BCUT2D eigenvalue weighted by Gasteiger charge is -1.98. The van der Waals surface area contributed by atoms with Crippen molar-refractivity contribution in [1.82, 2.24) is 19.9 Å². The van der Waals surface area contributed by atoms with Crippen molar-refractivity contribution < 1.29 is 22.1 Å². The Morgan fingerprint density at radius 1 is 1.14 bits per heavy atom. The Morgan fingerprint density at radius 3 is 2.41 bits per heavy atom. The van der Waals surface area contributed by atoms with Gasteiger partial charge < -0.3 is 4.52 Å². The van der Waals surface area contributed by atoms with Crippen molar-refractivity contribution in [2.75, 3.05) is 0 Å². The topological polar surface area (TPSA) is 56.7 Å². The third-order valence-corrected chi connectivity index (χ3v) is 2.92. The van der Waals surface area contributed by atoms with Crippen molar-refractivity contribution in [2.24, 2.45) is 7.05 Å². The number of hydrogen-bond donors (Lipinski definition) is 0. The fraction of sp³-hybridized carbons (Fsp3) is 0.154. The van der Waals surface area contributed by atoms with Crippen LogP contribution in [0.4, 0.5) is 17.6 Å². The molecular weight excluding hydrogens is 304 g/mol. The van der Waals surface area contributed by atoms with E-state index in [1.54, 1.807) is 0 Å². The third kappa shape index (κ3) is 2.57. The van der Waals surface area contributed by atoms with Crippen LogP contribution in [0, 0.1) is 5.82 Å². The fourth-order valence-electron chi connectivity index (χ4n) is 1.85. The first-order chi connectivity index (χ1) is 10.3. The Kier molecular flexibility index (Phi) is 3.19. The number of benzene rings is 1. The Bertz CT molecular complexity index is 804. The van der Waals surface area contributed by atoms with E-state index < -0.39 is 17.7 Å². The lowest BCUT2D eigenvalue weighted by Crippen LogP contribution is -2.06. The summed E-state index contributed by atoms with van der Waals surface area (Å²) in [7, 11) is 1.34. The summed E-state index contributed by atoms with van der Waals surface area (Å²) in [6.07, 6.45) is -4.56. The lowest BCUT2D eigenvalue weighted by atomic mass is 10.2. The summed E-state index contributed by atoms with van der Waals surface area (Å²) >= 11 is 0. The second-order valence-corrected chi connectivity index (χ2v) is 4.47. The first-order valence-corrected chi connectivity index (χ1v) is 6.06. The van der Waals surface area contributed by atoms with Gasteiger partial charge in [0.15, 0.2) is 5.69 Å². The molecule has 0 saturated carbocycles. The maximum Gasteiger partial charge on any atom is 0.435 e. The Hall–Kier alpha value is -2.71. The third-order valence-electron chi connectivity index (χ3n) is 2.92. The molecule has 0 saturated heterocycles. The first kappa shape index (κ1) is 14.2. The monoisotopic (exact) mass is 312 g/mol. The molecule has 0 aliphatic rings. The summed E-state index contributed by atoms with van der Waals surface area (Å²) in [5.74, 6) is -0.386. The summed E-state index contributed by atoms with van der Waals surface area (Å²) in [4.78, 5) is 4.01. The molecule has 0 amide bonds. The zero-order chi connectivity index (χ0) is 15.9. The Labute approximate surface area is 121 Å². The van der Waals surface area contributed by atoms with E-state index in [-0.39, 0.29) is 17.4 Å². The minimum Gasteiger partial charge on any atom is -0.332 e. The van der Waals surface area contributed by atoms with Gasteiger partial charge in [-0.2, -0.15) is 23.3 Å². The highest BCUT2D eigenvalue weighted by Crippen LogP contribution is 2.31. The predicted octanol–water partition coefficient (Wildman–Crippen LogP) is 3.30. The zero-order valence-corrected chi connectivity index (χ0v) is 11.1. The van der Waals surface area contributed by atoms with Crippen molar-refractivity contribution in [2.45, 2.75) is 6.18 Å². The van der Waals surface area contributed by atoms with Crippen LogP contribution in [0.15, 0.2) is 34.9 Å². The molecule has 0 aliphatic heterocycles. The molecule has 0 N–H and O–H groups in total. The van der Waals surface area contributed by atoms with Crippen LogP contribution < -0.4 is 0 Å². The normalized spacial score (nSPS) is 11.9. The number of rotatable bonds is 2. The zero-order valence-electron chi connectivity index (χ0n) is 11.1. The Balaban J connectivity index is 1.97. The lowest BCUT2D eigenvalue weighted by molar-refractivity contribution is -0.141. The molecule has 5 nitrogen and oxygen atoms in total. The summed E-state index contributed by atoms with van der Waals surface area (Å²) in [5, 5.41) is 7.04. The summed E-state index contributed by atoms with van der Waals surface area (Å²) in [5.41, 5.74) is -0.533. The van der Waals surface area contributed by atoms with E-state index in [0.717, 1.165) is 10.7 Å². The van der Waals surface area contributed by atoms with Crippen molar-refractivity contribution in [1.29, 1.82) is 0 Å². The molecule has 0 radical (unpaired) electrons. The van der Waals surface area contributed by atoms with Crippen LogP contribution in [0.5, 0.6) is 0 Å². The van der Waals surface area contributed by atoms with Gasteiger partial charge in [-0.15, -0.1) is 0 Å². The van der Waals surface area contributed by atoms with Gasteiger partial charge in [0.2, 0.25) is 5.82 Å². The number of alkyl halides is 3. The van der Waals surface area contributed by atoms with Crippen molar-refractivity contribution in [3.05, 3.63) is 41.8 Å². The molecule has 0 unspecified atom stereocenters. The molecule has 0 spiro atoms. The largest absolute Gasteiger partial charge is 0.435 e. The van der Waals surface area contributed by atoms with Crippen LogP contribution >= 0.6 is 0 Å². The molecular formula is C13H8F4N4O. The molecule has 0 aliphatic carbocycles. The minimum atomic E-state index is -4.56. The van der Waals surface area contributed by atoms with E-state index in [9.17, 15) is 17.6 Å². The van der Waals surface area contributed by atoms with Gasteiger partial charge in [-0.3, -0.25) is 4.68 Å². The maximum absolute atomic E-state index is 12.9. The highest BCUT2D eigenvalue weighted by molar-refractivity contribution is 5.58.